The normalized spacial score (nSPS) is 12.6. The van der Waals surface area contributed by atoms with Crippen LogP contribution in [-0.4, -0.2) is 106 Å². The van der Waals surface area contributed by atoms with Crippen molar-refractivity contribution >= 4 is 97.2 Å². The molecule has 0 saturated carbocycles. The highest BCUT2D eigenvalue weighted by atomic mass is 127. The van der Waals surface area contributed by atoms with Gasteiger partial charge in [0, 0.05) is 16.7 Å². The van der Waals surface area contributed by atoms with E-state index in [2.05, 4.69) is 10.6 Å². The predicted octanol–water partition coefficient (Wildman–Crippen LogP) is -1.92. The van der Waals surface area contributed by atoms with Gasteiger partial charge in [-0.1, -0.05) is 0 Å². The Balaban J connectivity index is 3.77. The van der Waals surface area contributed by atoms with E-state index in [0.29, 0.717) is 0 Å². The second-order valence-corrected chi connectivity index (χ2v) is 9.90. The molecule has 13 nitrogen and oxygen atoms in total. The van der Waals surface area contributed by atoms with Gasteiger partial charge in [0.1, 0.15) is 13.2 Å². The zero-order chi connectivity index (χ0) is 26.2. The molecular formula is C18H22I3N3O10. The van der Waals surface area contributed by atoms with Gasteiger partial charge in [-0.05, 0) is 67.8 Å². The van der Waals surface area contributed by atoms with E-state index in [1.54, 1.807) is 67.8 Å². The van der Waals surface area contributed by atoms with E-state index in [0.717, 1.165) is 4.90 Å². The molecule has 0 aromatic heterocycles. The van der Waals surface area contributed by atoms with Gasteiger partial charge in [-0.15, -0.1) is 0 Å². The third-order valence-corrected chi connectivity index (χ3v) is 7.34. The molecule has 0 aliphatic carbocycles. The van der Waals surface area contributed by atoms with E-state index in [-0.39, 0.29) is 40.6 Å². The number of rotatable bonds is 12. The van der Waals surface area contributed by atoms with Crippen molar-refractivity contribution in [2.45, 2.75) is 12.2 Å². The van der Waals surface area contributed by atoms with Crippen LogP contribution in [0.1, 0.15) is 20.7 Å². The quantitative estimate of drug-likeness (QED) is 0.109. The molecule has 16 heteroatoms. The summed E-state index contributed by atoms with van der Waals surface area (Å²) in [5.74, 6) is -3.98. The fourth-order valence-corrected chi connectivity index (χ4v) is 7.25. The summed E-state index contributed by atoms with van der Waals surface area (Å²) >= 11 is 5.14. The van der Waals surface area contributed by atoms with E-state index >= 15 is 0 Å². The maximum absolute atomic E-state index is 13.0. The number of anilines is 1. The molecule has 0 radical (unpaired) electrons. The van der Waals surface area contributed by atoms with E-state index in [9.17, 15) is 39.6 Å². The van der Waals surface area contributed by atoms with Crippen LogP contribution < -0.4 is 15.5 Å². The molecule has 0 bridgehead atoms. The molecule has 2 atom stereocenters. The van der Waals surface area contributed by atoms with Gasteiger partial charge in [0.15, 0.2) is 0 Å². The van der Waals surface area contributed by atoms with E-state index < -0.39 is 62.3 Å². The standard InChI is InChI=1S/C18H22I3N3O10/c19-13-11(17(33)22-1-7(28)4-25)14(20)16(24(3-10(31)32)9(30)6-27)15(21)12(13)18(34)23-2-8(29)5-26/h7-8,25-29H,1-6H2,(H,22,33)(H,23,34)(H,31,32). The van der Waals surface area contributed by atoms with Crippen LogP contribution in [0.15, 0.2) is 0 Å². The Morgan fingerprint density at radius 3 is 1.53 bits per heavy atom. The molecule has 1 aromatic carbocycles. The molecule has 3 amide bonds. The topological polar surface area (TPSA) is 217 Å². The van der Waals surface area contributed by atoms with E-state index in [1.165, 1.54) is 0 Å². The van der Waals surface area contributed by atoms with Gasteiger partial charge in [-0.25, -0.2) is 0 Å². The molecule has 0 aliphatic heterocycles. The van der Waals surface area contributed by atoms with Gasteiger partial charge in [-0.2, -0.15) is 0 Å². The van der Waals surface area contributed by atoms with E-state index in [1.807, 2.05) is 0 Å². The predicted molar refractivity (Wildman–Crippen MR) is 143 cm³/mol. The summed E-state index contributed by atoms with van der Waals surface area (Å²) in [5, 5.41) is 60.5. The zero-order valence-electron chi connectivity index (χ0n) is 17.3. The number of carbonyl (C=O) groups is 4. The fourth-order valence-electron chi connectivity index (χ4n) is 2.53. The molecule has 0 saturated heterocycles. The Labute approximate surface area is 234 Å². The van der Waals surface area contributed by atoms with Crippen molar-refractivity contribution in [2.75, 3.05) is 44.4 Å². The Kier molecular flexibility index (Phi) is 13.4. The number of carboxylic acids is 1. The Morgan fingerprint density at radius 2 is 1.21 bits per heavy atom. The van der Waals surface area contributed by atoms with Crippen molar-refractivity contribution in [3.63, 3.8) is 0 Å². The summed E-state index contributed by atoms with van der Waals surface area (Å²) < 4.78 is 0.309. The number of hydrogen-bond donors (Lipinski definition) is 8. The van der Waals surface area contributed by atoms with Crippen molar-refractivity contribution in [1.82, 2.24) is 10.6 Å². The molecule has 2 unspecified atom stereocenters. The van der Waals surface area contributed by atoms with Crippen LogP contribution in [0.2, 0.25) is 0 Å². The van der Waals surface area contributed by atoms with Gasteiger partial charge in [0.2, 0.25) is 0 Å². The first-order valence-corrected chi connectivity index (χ1v) is 12.6. The van der Waals surface area contributed by atoms with Crippen molar-refractivity contribution < 1.29 is 49.8 Å². The van der Waals surface area contributed by atoms with Gasteiger partial charge < -0.3 is 41.3 Å². The maximum Gasteiger partial charge on any atom is 0.323 e. The highest BCUT2D eigenvalue weighted by Gasteiger charge is 2.32. The summed E-state index contributed by atoms with van der Waals surface area (Å²) in [6.07, 6.45) is -2.52. The average Bonchev–Trinajstić information content (AvgIpc) is 2.79. The number of carboxylic acid groups (broad SMARTS) is 1. The summed E-state index contributed by atoms with van der Waals surface area (Å²) in [5.41, 5.74) is -0.338. The summed E-state index contributed by atoms with van der Waals surface area (Å²) in [7, 11) is 0. The Morgan fingerprint density at radius 1 is 0.794 bits per heavy atom. The first-order valence-electron chi connectivity index (χ1n) is 9.38. The van der Waals surface area contributed by atoms with Gasteiger partial charge in [0.05, 0.1) is 49.4 Å². The minimum absolute atomic E-state index is 0.0948. The number of nitrogens with one attached hydrogen (secondary N) is 2. The first kappa shape index (κ1) is 31.1. The number of aliphatic carboxylic acids is 1. The number of hydrogen-bond acceptors (Lipinski definition) is 9. The molecule has 1 rings (SSSR count). The second kappa shape index (κ2) is 14.6. The average molecular weight is 821 g/mol. The van der Waals surface area contributed by atoms with Crippen molar-refractivity contribution in [2.24, 2.45) is 0 Å². The number of amides is 3. The van der Waals surface area contributed by atoms with Crippen LogP contribution in [-0.2, 0) is 9.59 Å². The highest BCUT2D eigenvalue weighted by Crippen LogP contribution is 2.38. The largest absolute Gasteiger partial charge is 0.480 e. The van der Waals surface area contributed by atoms with Crippen LogP contribution in [0.25, 0.3) is 0 Å². The molecule has 0 heterocycles. The summed E-state index contributed by atoms with van der Waals surface area (Å²) in [6.45, 7) is -3.82. The number of benzene rings is 1. The number of nitrogens with zero attached hydrogens (tertiary/aromatic N) is 1. The highest BCUT2D eigenvalue weighted by molar-refractivity contribution is 14.1. The smallest absolute Gasteiger partial charge is 0.323 e. The molecular weight excluding hydrogens is 799 g/mol. The van der Waals surface area contributed by atoms with Crippen LogP contribution in [0.5, 0.6) is 0 Å². The minimum Gasteiger partial charge on any atom is -0.480 e. The van der Waals surface area contributed by atoms with E-state index in [4.69, 9.17) is 10.2 Å². The number of aliphatic hydroxyl groups is 5. The van der Waals surface area contributed by atoms with Crippen LogP contribution in [0.4, 0.5) is 5.69 Å². The lowest BCUT2D eigenvalue weighted by Gasteiger charge is -2.26. The lowest BCUT2D eigenvalue weighted by atomic mass is 10.1. The van der Waals surface area contributed by atoms with Gasteiger partial charge in [-0.3, -0.25) is 24.1 Å². The molecule has 0 fully saturated rings. The third kappa shape index (κ3) is 8.06. The monoisotopic (exact) mass is 821 g/mol. The third-order valence-electron chi connectivity index (χ3n) is 4.17. The number of halogens is 3. The molecule has 190 valence electrons. The Bertz CT molecular complexity index is 893. The van der Waals surface area contributed by atoms with Gasteiger partial charge >= 0.3 is 5.97 Å². The van der Waals surface area contributed by atoms with Crippen LogP contribution in [0.3, 0.4) is 0 Å². The van der Waals surface area contributed by atoms with Crippen molar-refractivity contribution in [3.8, 4) is 0 Å². The van der Waals surface area contributed by atoms with Crippen molar-refractivity contribution in [3.05, 3.63) is 21.8 Å². The molecule has 34 heavy (non-hydrogen) atoms. The minimum atomic E-state index is -1.42. The maximum atomic E-state index is 13.0. The SMILES string of the molecule is O=C(O)CN(C(=O)CO)c1c(I)c(C(=O)NCC(O)CO)c(I)c(C(=O)NCC(O)CO)c1I. The lowest BCUT2D eigenvalue weighted by molar-refractivity contribution is -0.137. The van der Waals surface area contributed by atoms with Crippen LogP contribution >= 0.6 is 67.8 Å². The lowest BCUT2D eigenvalue weighted by Crippen LogP contribution is -2.41. The molecule has 0 aliphatic rings. The van der Waals surface area contributed by atoms with Crippen LogP contribution in [0, 0.1) is 10.7 Å². The number of carbonyl (C=O) groups excluding carboxylic acids is 3. The molecule has 1 aromatic rings. The Hall–Kier alpha value is -0.910. The zero-order valence-corrected chi connectivity index (χ0v) is 23.8. The van der Waals surface area contributed by atoms with Gasteiger partial charge in [0.25, 0.3) is 17.7 Å². The fraction of sp³-hybridized carbons (Fsp3) is 0.444. The molecule has 0 spiro atoms. The van der Waals surface area contributed by atoms with Crippen molar-refractivity contribution in [1.29, 1.82) is 0 Å². The first-order chi connectivity index (χ1) is 15.9. The summed E-state index contributed by atoms with van der Waals surface area (Å²) in [4.78, 5) is 50.4. The number of aliphatic hydroxyl groups excluding tert-OH is 5. The molecule has 8 N–H and O–H groups in total. The second-order valence-electron chi connectivity index (χ2n) is 6.67. The summed E-state index contributed by atoms with van der Waals surface area (Å²) in [6, 6.07) is 0.